The second-order valence-corrected chi connectivity index (χ2v) is 11.0. The number of nitrogens with one attached hydrogen (secondary N) is 1. The van der Waals surface area contributed by atoms with E-state index < -0.39 is 0 Å². The van der Waals surface area contributed by atoms with Gasteiger partial charge in [0.2, 0.25) is 0 Å². The van der Waals surface area contributed by atoms with Gasteiger partial charge < -0.3 is 10.2 Å². The van der Waals surface area contributed by atoms with Crippen LogP contribution in [0, 0.1) is 11.3 Å². The molecule has 5 rings (SSSR count). The lowest BCUT2D eigenvalue weighted by Crippen LogP contribution is -2.45. The van der Waals surface area contributed by atoms with Gasteiger partial charge in [-0.25, -0.2) is 0 Å². The number of hydrogen-bond acceptors (Lipinski definition) is 4. The van der Waals surface area contributed by atoms with Crippen LogP contribution in [0.4, 0.5) is 11.4 Å². The Bertz CT molecular complexity index is 1520. The van der Waals surface area contributed by atoms with Crippen LogP contribution in [0.5, 0.6) is 0 Å². The third-order valence-corrected chi connectivity index (χ3v) is 7.67. The highest BCUT2D eigenvalue weighted by Crippen LogP contribution is 2.30. The maximum Gasteiger partial charge on any atom is 0.256 e. The van der Waals surface area contributed by atoms with Gasteiger partial charge in [0.25, 0.3) is 5.91 Å². The molecule has 0 aromatic heterocycles. The number of hydrogen-bond donors (Lipinski definition) is 1. The first-order chi connectivity index (χ1) is 19.4. The first-order valence-corrected chi connectivity index (χ1v) is 14.0. The van der Waals surface area contributed by atoms with E-state index in [1.54, 1.807) is 12.1 Å². The first kappa shape index (κ1) is 27.5. The van der Waals surface area contributed by atoms with Gasteiger partial charge in [-0.1, -0.05) is 61.8 Å². The van der Waals surface area contributed by atoms with Crippen LogP contribution in [0.1, 0.15) is 46.8 Å². The Kier molecular flexibility index (Phi) is 8.50. The molecule has 1 heterocycles. The SMILES string of the molecule is CC(C)c1ccc(-c2cc(Cl)ccc2C(=O)Nc2ccc(N3CCN(Cc4cccc(C#N)c4)CC3)cc2)cc1. The molecule has 0 unspecified atom stereocenters. The molecule has 5 nitrogen and oxygen atoms in total. The van der Waals surface area contributed by atoms with Gasteiger partial charge in [-0.15, -0.1) is 0 Å². The average molecular weight is 549 g/mol. The number of carbonyl (C=O) groups excluding carboxylic acids is 1. The van der Waals surface area contributed by atoms with Crippen LogP contribution in [0.25, 0.3) is 11.1 Å². The summed E-state index contributed by atoms with van der Waals surface area (Å²) in [6, 6.07) is 31.8. The van der Waals surface area contributed by atoms with Crippen LogP contribution in [0.3, 0.4) is 0 Å². The second-order valence-electron chi connectivity index (χ2n) is 10.5. The number of amides is 1. The number of nitrogens with zero attached hydrogens (tertiary/aromatic N) is 3. The van der Waals surface area contributed by atoms with Crippen molar-refractivity contribution in [1.82, 2.24) is 4.90 Å². The van der Waals surface area contributed by atoms with Gasteiger partial charge in [-0.05, 0) is 82.8 Å². The monoisotopic (exact) mass is 548 g/mol. The Balaban J connectivity index is 1.21. The van der Waals surface area contributed by atoms with Crippen LogP contribution >= 0.6 is 11.6 Å². The van der Waals surface area contributed by atoms with Crippen molar-refractivity contribution in [1.29, 1.82) is 5.26 Å². The van der Waals surface area contributed by atoms with Crippen molar-refractivity contribution >= 4 is 28.9 Å². The summed E-state index contributed by atoms with van der Waals surface area (Å²) in [7, 11) is 0. The highest BCUT2D eigenvalue weighted by atomic mass is 35.5. The predicted molar refractivity (Wildman–Crippen MR) is 164 cm³/mol. The Hall–Kier alpha value is -4.11. The molecule has 0 atom stereocenters. The number of carbonyl (C=O) groups is 1. The minimum Gasteiger partial charge on any atom is -0.369 e. The fourth-order valence-corrected chi connectivity index (χ4v) is 5.29. The van der Waals surface area contributed by atoms with Crippen molar-refractivity contribution in [3.05, 3.63) is 118 Å². The number of halogens is 1. The molecular formula is C34H33ClN4O. The van der Waals surface area contributed by atoms with Crippen molar-refractivity contribution in [2.45, 2.75) is 26.3 Å². The van der Waals surface area contributed by atoms with Crippen molar-refractivity contribution < 1.29 is 4.79 Å². The third-order valence-electron chi connectivity index (χ3n) is 7.44. The molecule has 4 aromatic rings. The summed E-state index contributed by atoms with van der Waals surface area (Å²) in [4.78, 5) is 18.1. The van der Waals surface area contributed by atoms with Crippen molar-refractivity contribution in [2.75, 3.05) is 36.4 Å². The number of rotatable bonds is 7. The predicted octanol–water partition coefficient (Wildman–Crippen LogP) is 7.58. The van der Waals surface area contributed by atoms with E-state index in [0.717, 1.165) is 55.2 Å². The molecule has 0 saturated carbocycles. The maximum absolute atomic E-state index is 13.3. The van der Waals surface area contributed by atoms with Gasteiger partial charge in [-0.2, -0.15) is 5.26 Å². The summed E-state index contributed by atoms with van der Waals surface area (Å²) in [5, 5.41) is 12.8. The van der Waals surface area contributed by atoms with E-state index in [-0.39, 0.29) is 5.91 Å². The fourth-order valence-electron chi connectivity index (χ4n) is 5.12. The van der Waals surface area contributed by atoms with Gasteiger partial charge in [0.1, 0.15) is 0 Å². The summed E-state index contributed by atoms with van der Waals surface area (Å²) in [6.07, 6.45) is 0. The molecule has 1 aliphatic rings. The minimum absolute atomic E-state index is 0.165. The Morgan fingerprint density at radius 2 is 1.65 bits per heavy atom. The van der Waals surface area contributed by atoms with E-state index in [0.29, 0.717) is 22.1 Å². The topological polar surface area (TPSA) is 59.4 Å². The smallest absolute Gasteiger partial charge is 0.256 e. The summed E-state index contributed by atoms with van der Waals surface area (Å²) in [6.45, 7) is 8.93. The quantitative estimate of drug-likeness (QED) is 0.258. The van der Waals surface area contributed by atoms with E-state index in [4.69, 9.17) is 16.9 Å². The Morgan fingerprint density at radius 3 is 2.33 bits per heavy atom. The molecule has 6 heteroatoms. The molecule has 1 amide bonds. The number of benzene rings is 4. The fraction of sp³-hybridized carbons (Fsp3) is 0.235. The summed E-state index contributed by atoms with van der Waals surface area (Å²) in [5.74, 6) is 0.275. The van der Waals surface area contributed by atoms with Crippen LogP contribution in [0.15, 0.2) is 91.0 Å². The van der Waals surface area contributed by atoms with E-state index in [2.05, 4.69) is 77.5 Å². The molecule has 1 fully saturated rings. The van der Waals surface area contributed by atoms with Gasteiger partial charge in [0.05, 0.1) is 11.6 Å². The van der Waals surface area contributed by atoms with Gasteiger partial charge in [0, 0.05) is 54.7 Å². The van der Waals surface area contributed by atoms with E-state index >= 15 is 0 Å². The van der Waals surface area contributed by atoms with Crippen molar-refractivity contribution in [3.63, 3.8) is 0 Å². The van der Waals surface area contributed by atoms with Crippen LogP contribution < -0.4 is 10.2 Å². The summed E-state index contributed by atoms with van der Waals surface area (Å²) in [5.41, 5.74) is 7.38. The molecule has 0 aliphatic carbocycles. The lowest BCUT2D eigenvalue weighted by atomic mass is 9.95. The van der Waals surface area contributed by atoms with Gasteiger partial charge in [0.15, 0.2) is 0 Å². The standard InChI is InChI=1S/C34H33ClN4O/c1-24(2)27-6-8-28(9-7-27)33-21-29(35)10-15-32(33)34(40)37-30-11-13-31(14-12-30)39-18-16-38(17-19-39)23-26-5-3-4-25(20-26)22-36/h3-15,20-21,24H,16-19,23H2,1-2H3,(H,37,40). The van der Waals surface area contributed by atoms with Gasteiger partial charge in [-0.3, -0.25) is 9.69 Å². The number of piperazine rings is 1. The van der Waals surface area contributed by atoms with Crippen LogP contribution in [0.2, 0.25) is 5.02 Å². The zero-order valence-corrected chi connectivity index (χ0v) is 23.7. The first-order valence-electron chi connectivity index (χ1n) is 13.7. The zero-order chi connectivity index (χ0) is 28.1. The van der Waals surface area contributed by atoms with Gasteiger partial charge >= 0.3 is 0 Å². The molecule has 40 heavy (non-hydrogen) atoms. The minimum atomic E-state index is -0.165. The Morgan fingerprint density at radius 1 is 0.925 bits per heavy atom. The molecule has 0 spiro atoms. The molecular weight excluding hydrogens is 516 g/mol. The lowest BCUT2D eigenvalue weighted by Gasteiger charge is -2.36. The van der Waals surface area contributed by atoms with E-state index in [1.165, 1.54) is 11.1 Å². The lowest BCUT2D eigenvalue weighted by molar-refractivity contribution is 0.102. The van der Waals surface area contributed by atoms with Crippen molar-refractivity contribution in [3.8, 4) is 17.2 Å². The summed E-state index contributed by atoms with van der Waals surface area (Å²) >= 11 is 6.32. The summed E-state index contributed by atoms with van der Waals surface area (Å²) < 4.78 is 0. The second kappa shape index (κ2) is 12.4. The largest absolute Gasteiger partial charge is 0.369 e. The average Bonchev–Trinajstić information content (AvgIpc) is 2.98. The zero-order valence-electron chi connectivity index (χ0n) is 22.9. The number of nitriles is 1. The van der Waals surface area contributed by atoms with E-state index in [1.807, 2.05) is 36.4 Å². The highest BCUT2D eigenvalue weighted by Gasteiger charge is 2.18. The maximum atomic E-state index is 13.3. The molecule has 4 aromatic carbocycles. The molecule has 0 bridgehead atoms. The van der Waals surface area contributed by atoms with Crippen LogP contribution in [-0.4, -0.2) is 37.0 Å². The van der Waals surface area contributed by atoms with Crippen LogP contribution in [-0.2, 0) is 6.54 Å². The Labute approximate surface area is 241 Å². The molecule has 0 radical (unpaired) electrons. The normalized spacial score (nSPS) is 13.7. The molecule has 1 aliphatic heterocycles. The number of anilines is 2. The highest BCUT2D eigenvalue weighted by molar-refractivity contribution is 6.31. The molecule has 1 saturated heterocycles. The molecule has 1 N–H and O–H groups in total. The molecule has 202 valence electrons. The van der Waals surface area contributed by atoms with E-state index in [9.17, 15) is 4.79 Å². The van der Waals surface area contributed by atoms with Crippen molar-refractivity contribution in [2.24, 2.45) is 0 Å². The third kappa shape index (κ3) is 6.54.